The van der Waals surface area contributed by atoms with Crippen molar-refractivity contribution in [3.05, 3.63) is 31.2 Å². The molecule has 1 saturated heterocycles. The second kappa shape index (κ2) is 7.67. The van der Waals surface area contributed by atoms with E-state index in [2.05, 4.69) is 4.98 Å². The molecule has 0 atom stereocenters. The maximum absolute atomic E-state index is 12.6. The number of amides is 1. The van der Waals surface area contributed by atoms with Gasteiger partial charge in [-0.15, -0.1) is 11.3 Å². The molecule has 2 aromatic rings. The highest BCUT2D eigenvalue weighted by Gasteiger charge is 2.22. The highest BCUT2D eigenvalue weighted by Crippen LogP contribution is 2.24. The van der Waals surface area contributed by atoms with Gasteiger partial charge in [-0.25, -0.2) is 9.78 Å². The van der Waals surface area contributed by atoms with Gasteiger partial charge >= 0.3 is 5.69 Å². The Morgan fingerprint density at radius 3 is 2.67 bits per heavy atom. The number of carbonyl (C=O) groups excluding carboxylic acids is 1. The Kier molecular flexibility index (Phi) is 5.50. The minimum Gasteiger partial charge on any atom is -0.384 e. The number of aromatic nitrogens is 3. The Balaban J connectivity index is 1.91. The molecule has 0 radical (unpaired) electrons. The van der Waals surface area contributed by atoms with Crippen LogP contribution in [0.25, 0.3) is 11.3 Å². The number of hydrogen-bond donors (Lipinski definition) is 1. The molecule has 146 valence electrons. The molecule has 27 heavy (non-hydrogen) atoms. The standard InChI is InChI=1S/C18H25N5O3S/c1-11(2)9-23-16(19)15(17(25)21(3)18(23)26)12-10-27-13(20-12)6-8-22-7-4-5-14(22)24/h10-11H,4-9,19H2,1-3H3. The highest BCUT2D eigenvalue weighted by molar-refractivity contribution is 7.09. The number of hydrogen-bond acceptors (Lipinski definition) is 6. The van der Waals surface area contributed by atoms with Crippen LogP contribution in [0.5, 0.6) is 0 Å². The van der Waals surface area contributed by atoms with Gasteiger partial charge in [0.2, 0.25) is 5.91 Å². The summed E-state index contributed by atoms with van der Waals surface area (Å²) < 4.78 is 2.51. The van der Waals surface area contributed by atoms with Gasteiger partial charge in [0.25, 0.3) is 5.56 Å². The molecule has 1 amide bonds. The quantitative estimate of drug-likeness (QED) is 0.793. The molecule has 2 aromatic heterocycles. The molecule has 3 rings (SSSR count). The summed E-state index contributed by atoms with van der Waals surface area (Å²) in [6.07, 6.45) is 2.17. The summed E-state index contributed by atoms with van der Waals surface area (Å²) in [5, 5.41) is 2.63. The third kappa shape index (κ3) is 3.83. The lowest BCUT2D eigenvalue weighted by molar-refractivity contribution is -0.127. The number of rotatable bonds is 6. The summed E-state index contributed by atoms with van der Waals surface area (Å²) in [7, 11) is 1.46. The highest BCUT2D eigenvalue weighted by atomic mass is 32.1. The number of likely N-dealkylation sites (tertiary alicyclic amines) is 1. The summed E-state index contributed by atoms with van der Waals surface area (Å²) in [5.74, 6) is 0.549. The van der Waals surface area contributed by atoms with Gasteiger partial charge in [0.05, 0.1) is 10.7 Å². The molecular formula is C18H25N5O3S. The fraction of sp³-hybridized carbons (Fsp3) is 0.556. The molecule has 8 nitrogen and oxygen atoms in total. The molecule has 9 heteroatoms. The molecule has 0 saturated carbocycles. The number of nitrogens with two attached hydrogens (primary N) is 1. The van der Waals surface area contributed by atoms with Crippen molar-refractivity contribution in [1.82, 2.24) is 19.0 Å². The first kappa shape index (κ1) is 19.3. The molecule has 2 N–H and O–H groups in total. The van der Waals surface area contributed by atoms with Crippen molar-refractivity contribution in [3.8, 4) is 11.3 Å². The number of nitrogens with zero attached hydrogens (tertiary/aromatic N) is 4. The van der Waals surface area contributed by atoms with Crippen LogP contribution in [0.1, 0.15) is 31.7 Å². The molecule has 1 fully saturated rings. The zero-order valence-corrected chi connectivity index (χ0v) is 16.7. The molecule has 0 aromatic carbocycles. The first-order valence-corrected chi connectivity index (χ1v) is 9.99. The zero-order valence-electron chi connectivity index (χ0n) is 15.9. The maximum Gasteiger partial charge on any atom is 0.332 e. The Labute approximate surface area is 161 Å². The van der Waals surface area contributed by atoms with E-state index in [1.54, 1.807) is 5.38 Å². The van der Waals surface area contributed by atoms with Crippen LogP contribution < -0.4 is 17.0 Å². The average molecular weight is 391 g/mol. The van der Waals surface area contributed by atoms with Gasteiger partial charge in [-0.2, -0.15) is 0 Å². The Bertz CT molecular complexity index is 972. The van der Waals surface area contributed by atoms with Crippen molar-refractivity contribution in [3.63, 3.8) is 0 Å². The van der Waals surface area contributed by atoms with Crippen LogP contribution in [0.4, 0.5) is 5.82 Å². The minimum atomic E-state index is -0.441. The van der Waals surface area contributed by atoms with Gasteiger partial charge < -0.3 is 10.6 Å². The largest absolute Gasteiger partial charge is 0.384 e. The fourth-order valence-corrected chi connectivity index (χ4v) is 4.06. The molecular weight excluding hydrogens is 366 g/mol. The van der Waals surface area contributed by atoms with Gasteiger partial charge in [0.15, 0.2) is 0 Å². The van der Waals surface area contributed by atoms with E-state index in [1.165, 1.54) is 23.0 Å². The van der Waals surface area contributed by atoms with Crippen molar-refractivity contribution in [2.45, 2.75) is 39.7 Å². The topological polar surface area (TPSA) is 103 Å². The first-order chi connectivity index (χ1) is 12.8. The SMILES string of the molecule is CC(C)Cn1c(N)c(-c2csc(CCN3CCCC3=O)n2)c(=O)n(C)c1=O. The van der Waals surface area contributed by atoms with E-state index < -0.39 is 11.2 Å². The second-order valence-corrected chi connectivity index (χ2v) is 8.21. The van der Waals surface area contributed by atoms with E-state index >= 15 is 0 Å². The van der Waals surface area contributed by atoms with E-state index in [0.717, 1.165) is 22.5 Å². The van der Waals surface area contributed by atoms with E-state index in [0.29, 0.717) is 31.6 Å². The van der Waals surface area contributed by atoms with Crippen LogP contribution in [0.2, 0.25) is 0 Å². The number of nitrogen functional groups attached to an aromatic ring is 1. The molecule has 3 heterocycles. The Morgan fingerprint density at radius 1 is 1.30 bits per heavy atom. The van der Waals surface area contributed by atoms with Gasteiger partial charge in [-0.05, 0) is 12.3 Å². The molecule has 0 bridgehead atoms. The summed E-state index contributed by atoms with van der Waals surface area (Å²) >= 11 is 1.44. The number of thiazole rings is 1. The maximum atomic E-state index is 12.6. The lowest BCUT2D eigenvalue weighted by Gasteiger charge is -2.16. The van der Waals surface area contributed by atoms with E-state index in [4.69, 9.17) is 5.73 Å². The predicted molar refractivity (Wildman–Crippen MR) is 106 cm³/mol. The van der Waals surface area contributed by atoms with Crippen LogP contribution in [0.15, 0.2) is 15.0 Å². The normalized spacial score (nSPS) is 14.5. The fourth-order valence-electron chi connectivity index (χ4n) is 3.28. The van der Waals surface area contributed by atoms with E-state index in [-0.39, 0.29) is 23.2 Å². The first-order valence-electron chi connectivity index (χ1n) is 9.11. The predicted octanol–water partition coefficient (Wildman–Crippen LogP) is 1.07. The van der Waals surface area contributed by atoms with Crippen LogP contribution in [0, 0.1) is 5.92 Å². The van der Waals surface area contributed by atoms with Crippen LogP contribution in [-0.4, -0.2) is 38.0 Å². The van der Waals surface area contributed by atoms with Gasteiger partial charge in [0, 0.05) is 44.9 Å². The Hall–Kier alpha value is -2.42. The van der Waals surface area contributed by atoms with Crippen LogP contribution >= 0.6 is 11.3 Å². The van der Waals surface area contributed by atoms with Crippen molar-refractivity contribution >= 4 is 23.1 Å². The Morgan fingerprint density at radius 2 is 2.04 bits per heavy atom. The second-order valence-electron chi connectivity index (χ2n) is 7.27. The van der Waals surface area contributed by atoms with E-state index in [9.17, 15) is 14.4 Å². The monoisotopic (exact) mass is 391 g/mol. The summed E-state index contributed by atoms with van der Waals surface area (Å²) in [4.78, 5) is 43.2. The van der Waals surface area contributed by atoms with Gasteiger partial charge in [-0.1, -0.05) is 13.8 Å². The van der Waals surface area contributed by atoms with Crippen molar-refractivity contribution < 1.29 is 4.79 Å². The molecule has 0 unspecified atom stereocenters. The lowest BCUT2D eigenvalue weighted by Crippen LogP contribution is -2.41. The lowest BCUT2D eigenvalue weighted by atomic mass is 10.2. The van der Waals surface area contributed by atoms with Crippen LogP contribution in [0.3, 0.4) is 0 Å². The number of carbonyl (C=O) groups is 1. The molecule has 1 aliphatic rings. The molecule has 1 aliphatic heterocycles. The van der Waals surface area contributed by atoms with Crippen molar-refractivity contribution in [2.75, 3.05) is 18.8 Å². The van der Waals surface area contributed by atoms with Gasteiger partial charge in [0.1, 0.15) is 11.4 Å². The van der Waals surface area contributed by atoms with Crippen LogP contribution in [-0.2, 0) is 24.8 Å². The smallest absolute Gasteiger partial charge is 0.332 e. The summed E-state index contributed by atoms with van der Waals surface area (Å²) in [6, 6.07) is 0. The minimum absolute atomic E-state index is 0.156. The van der Waals surface area contributed by atoms with Gasteiger partial charge in [-0.3, -0.25) is 18.7 Å². The summed E-state index contributed by atoms with van der Waals surface area (Å²) in [6.45, 7) is 5.82. The number of anilines is 1. The third-order valence-electron chi connectivity index (χ3n) is 4.71. The molecule has 0 aliphatic carbocycles. The zero-order chi connectivity index (χ0) is 19.7. The van der Waals surface area contributed by atoms with E-state index in [1.807, 2.05) is 18.7 Å². The average Bonchev–Trinajstić information content (AvgIpc) is 3.24. The van der Waals surface area contributed by atoms with Crippen molar-refractivity contribution in [1.29, 1.82) is 0 Å². The summed E-state index contributed by atoms with van der Waals surface area (Å²) in [5.41, 5.74) is 6.08. The third-order valence-corrected chi connectivity index (χ3v) is 5.61. The van der Waals surface area contributed by atoms with Crippen molar-refractivity contribution in [2.24, 2.45) is 13.0 Å². The molecule has 0 spiro atoms.